The Morgan fingerprint density at radius 2 is 1.03 bits per heavy atom. The largest absolute Gasteiger partial charge is 0.436 e. The van der Waals surface area contributed by atoms with Crippen molar-refractivity contribution in [3.8, 4) is 22.9 Å². The van der Waals surface area contributed by atoms with E-state index in [0.29, 0.717) is 11.8 Å². The lowest BCUT2D eigenvalue weighted by atomic mass is 10.1. The van der Waals surface area contributed by atoms with Crippen molar-refractivity contribution < 1.29 is 8.83 Å². The van der Waals surface area contributed by atoms with Crippen LogP contribution in [0.15, 0.2) is 93.8 Å². The van der Waals surface area contributed by atoms with Crippen molar-refractivity contribution in [1.82, 2.24) is 15.0 Å². The van der Waals surface area contributed by atoms with Crippen LogP contribution in [0.4, 0.5) is 0 Å². The second-order valence-electron chi connectivity index (χ2n) is 7.62. The number of oxazole rings is 2. The molecule has 146 valence electrons. The van der Waals surface area contributed by atoms with E-state index in [1.54, 1.807) is 0 Å². The van der Waals surface area contributed by atoms with Crippen LogP contribution in [0.3, 0.4) is 0 Å². The van der Waals surface area contributed by atoms with Crippen LogP contribution in [0, 0.1) is 0 Å². The lowest BCUT2D eigenvalue weighted by Gasteiger charge is -1.98. The van der Waals surface area contributed by atoms with Crippen molar-refractivity contribution in [1.29, 1.82) is 0 Å². The molecular weight excluding hydrogens is 386 g/mol. The van der Waals surface area contributed by atoms with E-state index in [0.717, 1.165) is 55.1 Å². The van der Waals surface area contributed by atoms with E-state index in [1.165, 1.54) is 0 Å². The number of hydrogen-bond acceptors (Lipinski definition) is 4. The number of benzene rings is 4. The summed E-state index contributed by atoms with van der Waals surface area (Å²) in [6.45, 7) is 0. The van der Waals surface area contributed by atoms with Crippen LogP contribution in [0.5, 0.6) is 0 Å². The Morgan fingerprint density at radius 3 is 1.52 bits per heavy atom. The number of H-pyrrole nitrogens is 1. The summed E-state index contributed by atoms with van der Waals surface area (Å²) in [7, 11) is 0. The highest BCUT2D eigenvalue weighted by atomic mass is 16.4. The maximum Gasteiger partial charge on any atom is 0.227 e. The zero-order chi connectivity index (χ0) is 20.4. The predicted molar refractivity (Wildman–Crippen MR) is 122 cm³/mol. The SMILES string of the molecule is c1ccc2oc(-c3ccc4[nH]c5ccc(-c6nc7ccccc7o6)cc5c4c3)nc2c1. The summed E-state index contributed by atoms with van der Waals surface area (Å²) in [6.07, 6.45) is 0. The minimum absolute atomic E-state index is 0.618. The molecule has 0 atom stereocenters. The van der Waals surface area contributed by atoms with Crippen LogP contribution in [0.1, 0.15) is 0 Å². The molecule has 5 heteroatoms. The van der Waals surface area contributed by atoms with Gasteiger partial charge >= 0.3 is 0 Å². The summed E-state index contributed by atoms with van der Waals surface area (Å²) >= 11 is 0. The number of nitrogens with one attached hydrogen (secondary N) is 1. The normalized spacial score (nSPS) is 11.9. The fourth-order valence-corrected chi connectivity index (χ4v) is 4.15. The number of aromatic amines is 1. The van der Waals surface area contributed by atoms with Gasteiger partial charge in [-0.15, -0.1) is 0 Å². The molecule has 0 spiro atoms. The van der Waals surface area contributed by atoms with E-state index in [2.05, 4.69) is 39.2 Å². The average molecular weight is 401 g/mol. The van der Waals surface area contributed by atoms with E-state index in [-0.39, 0.29) is 0 Å². The molecule has 4 aromatic carbocycles. The van der Waals surface area contributed by atoms with Crippen LogP contribution in [-0.2, 0) is 0 Å². The number of aromatic nitrogens is 3. The zero-order valence-electron chi connectivity index (χ0n) is 16.3. The Labute approximate surface area is 176 Å². The number of para-hydroxylation sites is 4. The molecule has 0 saturated carbocycles. The molecule has 0 fully saturated rings. The molecule has 0 aliphatic rings. The van der Waals surface area contributed by atoms with Crippen molar-refractivity contribution in [2.45, 2.75) is 0 Å². The topological polar surface area (TPSA) is 67.8 Å². The predicted octanol–water partition coefficient (Wildman–Crippen LogP) is 6.94. The van der Waals surface area contributed by atoms with Gasteiger partial charge in [-0.3, -0.25) is 0 Å². The summed E-state index contributed by atoms with van der Waals surface area (Å²) < 4.78 is 11.9. The Hall–Kier alpha value is -4.38. The Morgan fingerprint density at radius 1 is 0.548 bits per heavy atom. The van der Waals surface area contributed by atoms with Crippen LogP contribution in [0.2, 0.25) is 0 Å². The van der Waals surface area contributed by atoms with E-state index < -0.39 is 0 Å². The molecule has 0 unspecified atom stereocenters. The third-order valence-electron chi connectivity index (χ3n) is 5.68. The highest BCUT2D eigenvalue weighted by Crippen LogP contribution is 2.34. The van der Waals surface area contributed by atoms with E-state index >= 15 is 0 Å². The highest BCUT2D eigenvalue weighted by molar-refractivity contribution is 6.09. The molecule has 3 aromatic heterocycles. The van der Waals surface area contributed by atoms with Crippen molar-refractivity contribution >= 4 is 44.0 Å². The summed E-state index contributed by atoms with van der Waals surface area (Å²) in [6, 6.07) is 28.1. The molecule has 3 heterocycles. The van der Waals surface area contributed by atoms with Gasteiger partial charge < -0.3 is 13.8 Å². The lowest BCUT2D eigenvalue weighted by Crippen LogP contribution is -1.78. The van der Waals surface area contributed by atoms with Crippen LogP contribution < -0.4 is 0 Å². The number of nitrogens with zero attached hydrogens (tertiary/aromatic N) is 2. The van der Waals surface area contributed by atoms with E-state index in [9.17, 15) is 0 Å². The number of rotatable bonds is 2. The van der Waals surface area contributed by atoms with Crippen molar-refractivity contribution in [2.24, 2.45) is 0 Å². The summed E-state index contributed by atoms with van der Waals surface area (Å²) in [4.78, 5) is 12.8. The molecule has 31 heavy (non-hydrogen) atoms. The maximum absolute atomic E-state index is 5.97. The van der Waals surface area contributed by atoms with Crippen molar-refractivity contribution in [3.63, 3.8) is 0 Å². The quantitative estimate of drug-likeness (QED) is 0.341. The minimum Gasteiger partial charge on any atom is -0.436 e. The monoisotopic (exact) mass is 401 g/mol. The molecule has 0 radical (unpaired) electrons. The summed E-state index contributed by atoms with van der Waals surface area (Å²) in [5, 5.41) is 2.21. The van der Waals surface area contributed by atoms with Crippen molar-refractivity contribution in [3.05, 3.63) is 84.9 Å². The Balaban J connectivity index is 1.41. The smallest absolute Gasteiger partial charge is 0.227 e. The molecule has 7 aromatic rings. The van der Waals surface area contributed by atoms with Crippen LogP contribution >= 0.6 is 0 Å². The molecule has 0 aliphatic carbocycles. The van der Waals surface area contributed by atoms with Gasteiger partial charge in [-0.2, -0.15) is 0 Å². The van der Waals surface area contributed by atoms with Crippen molar-refractivity contribution in [2.75, 3.05) is 0 Å². The van der Waals surface area contributed by atoms with Gasteiger partial charge in [0.2, 0.25) is 11.8 Å². The second-order valence-corrected chi connectivity index (χ2v) is 7.62. The zero-order valence-corrected chi connectivity index (χ0v) is 16.3. The molecule has 0 amide bonds. The molecule has 0 aliphatic heterocycles. The molecule has 0 saturated heterocycles. The van der Waals surface area contributed by atoms with Crippen LogP contribution in [-0.4, -0.2) is 15.0 Å². The fraction of sp³-hybridized carbons (Fsp3) is 0. The first kappa shape index (κ1) is 16.4. The van der Waals surface area contributed by atoms with Crippen LogP contribution in [0.25, 0.3) is 66.9 Å². The van der Waals surface area contributed by atoms with Gasteiger partial charge in [0.05, 0.1) is 0 Å². The summed E-state index contributed by atoms with van der Waals surface area (Å²) in [5.74, 6) is 1.24. The summed E-state index contributed by atoms with van der Waals surface area (Å²) in [5.41, 5.74) is 7.29. The first-order valence-corrected chi connectivity index (χ1v) is 10.1. The van der Waals surface area contributed by atoms with Gasteiger partial charge in [0.1, 0.15) is 11.0 Å². The first-order valence-electron chi connectivity index (χ1n) is 10.1. The maximum atomic E-state index is 5.97. The molecular formula is C26H15N3O2. The van der Waals surface area contributed by atoms with E-state index in [4.69, 9.17) is 8.83 Å². The number of fused-ring (bicyclic) bond motifs is 5. The lowest BCUT2D eigenvalue weighted by molar-refractivity contribution is 0.619. The number of hydrogen-bond donors (Lipinski definition) is 1. The van der Waals surface area contributed by atoms with E-state index in [1.807, 2.05) is 60.7 Å². The van der Waals surface area contributed by atoms with Gasteiger partial charge in [-0.1, -0.05) is 24.3 Å². The van der Waals surface area contributed by atoms with Gasteiger partial charge in [0, 0.05) is 32.9 Å². The first-order chi connectivity index (χ1) is 15.3. The van der Waals surface area contributed by atoms with Gasteiger partial charge in [-0.25, -0.2) is 9.97 Å². The standard InChI is InChI=1S/C26H15N3O2/c1-3-7-23-21(5-1)28-25(30-23)15-9-11-19-17(13-15)18-14-16(10-12-20(18)27-19)26-29-22-6-2-4-8-24(22)31-26/h1-14,27H. The Bertz CT molecular complexity index is 1560. The molecule has 5 nitrogen and oxygen atoms in total. The highest BCUT2D eigenvalue weighted by Gasteiger charge is 2.13. The van der Waals surface area contributed by atoms with Gasteiger partial charge in [0.15, 0.2) is 11.2 Å². The molecule has 0 bridgehead atoms. The fourth-order valence-electron chi connectivity index (χ4n) is 4.15. The van der Waals surface area contributed by atoms with Gasteiger partial charge in [-0.05, 0) is 60.7 Å². The Kier molecular flexibility index (Phi) is 3.21. The third-order valence-corrected chi connectivity index (χ3v) is 5.68. The molecule has 1 N–H and O–H groups in total. The minimum atomic E-state index is 0.618. The molecule has 7 rings (SSSR count). The average Bonchev–Trinajstić information content (AvgIpc) is 3.52. The second kappa shape index (κ2) is 6.06. The van der Waals surface area contributed by atoms with Gasteiger partial charge in [0.25, 0.3) is 0 Å². The third kappa shape index (κ3) is 2.50.